The lowest BCUT2D eigenvalue weighted by Crippen LogP contribution is -2.54. The molecule has 0 aromatic rings. The van der Waals surface area contributed by atoms with E-state index >= 15 is 0 Å². The van der Waals surface area contributed by atoms with Crippen molar-refractivity contribution in [3.63, 3.8) is 0 Å². The second-order valence-corrected chi connectivity index (χ2v) is 12.0. The molecular weight excluding hydrogens is 390 g/mol. The molecular formula is C12H24Cl3N2O3PS. The number of hydrazine groups is 1. The Morgan fingerprint density at radius 2 is 1.64 bits per heavy atom. The van der Waals surface area contributed by atoms with Crippen LogP contribution in [0.2, 0.25) is 0 Å². The van der Waals surface area contributed by atoms with Gasteiger partial charge in [0, 0.05) is 5.54 Å². The lowest BCUT2D eigenvalue weighted by atomic mass is 10.1. The van der Waals surface area contributed by atoms with E-state index in [9.17, 15) is 4.79 Å². The van der Waals surface area contributed by atoms with Crippen LogP contribution in [0.3, 0.4) is 0 Å². The van der Waals surface area contributed by atoms with Gasteiger partial charge in [0.25, 0.3) is 16.3 Å². The van der Waals surface area contributed by atoms with Gasteiger partial charge in [0.1, 0.15) is 0 Å². The molecule has 0 saturated heterocycles. The molecule has 0 radical (unpaired) electrons. The largest absolute Gasteiger partial charge is 0.317 e. The fourth-order valence-electron chi connectivity index (χ4n) is 1.39. The molecule has 0 heterocycles. The summed E-state index contributed by atoms with van der Waals surface area (Å²) < 4.78 is 11.0. The monoisotopic (exact) mass is 412 g/mol. The van der Waals surface area contributed by atoms with Crippen molar-refractivity contribution in [3.8, 4) is 0 Å². The first kappa shape index (κ1) is 22.9. The third-order valence-electron chi connectivity index (χ3n) is 2.03. The molecule has 0 aliphatic heterocycles. The molecule has 1 N–H and O–H groups in total. The highest BCUT2D eigenvalue weighted by Gasteiger charge is 2.43. The zero-order chi connectivity index (χ0) is 18.0. The molecule has 1 amide bonds. The van der Waals surface area contributed by atoms with Gasteiger partial charge in [-0.25, -0.2) is 0 Å². The maximum absolute atomic E-state index is 12.0. The third kappa shape index (κ3) is 7.63. The Kier molecular flexibility index (Phi) is 8.14. The van der Waals surface area contributed by atoms with Crippen molar-refractivity contribution < 1.29 is 13.8 Å². The molecule has 0 bridgehead atoms. The van der Waals surface area contributed by atoms with Gasteiger partial charge >= 0.3 is 0 Å². The molecule has 0 rings (SSSR count). The van der Waals surface area contributed by atoms with Gasteiger partial charge < -0.3 is 9.05 Å². The van der Waals surface area contributed by atoms with Crippen molar-refractivity contribution in [2.75, 3.05) is 6.61 Å². The van der Waals surface area contributed by atoms with Gasteiger partial charge in [-0.05, 0) is 60.3 Å². The number of nitrogens with one attached hydrogen (secondary N) is 1. The standard InChI is InChI=1S/C12H24Cl3N2O3PS/c1-8-19-21(22,20-11(5,6)7)17(10(2,3)4)16-9(18)12(13,14)15/h8H2,1-7H3,(H,16,18). The number of rotatable bonds is 5. The lowest BCUT2D eigenvalue weighted by Gasteiger charge is -2.44. The predicted molar refractivity (Wildman–Crippen MR) is 96.8 cm³/mol. The first-order valence-corrected chi connectivity index (χ1v) is 10.4. The highest BCUT2D eigenvalue weighted by Crippen LogP contribution is 2.57. The van der Waals surface area contributed by atoms with Crippen LogP contribution in [0.5, 0.6) is 0 Å². The molecule has 0 spiro atoms. The van der Waals surface area contributed by atoms with E-state index in [0.29, 0.717) is 6.61 Å². The topological polar surface area (TPSA) is 50.8 Å². The molecule has 22 heavy (non-hydrogen) atoms. The minimum Gasteiger partial charge on any atom is -0.317 e. The predicted octanol–water partition coefficient (Wildman–Crippen LogP) is 4.56. The van der Waals surface area contributed by atoms with Crippen LogP contribution in [-0.2, 0) is 25.6 Å². The Morgan fingerprint density at radius 3 is 1.91 bits per heavy atom. The number of carbonyl (C=O) groups excluding carboxylic acids is 1. The molecule has 5 nitrogen and oxygen atoms in total. The third-order valence-corrected chi connectivity index (χ3v) is 6.12. The fourth-order valence-corrected chi connectivity index (χ4v) is 5.58. The Labute approximate surface area is 153 Å². The van der Waals surface area contributed by atoms with Gasteiger partial charge in [-0.2, -0.15) is 0 Å². The van der Waals surface area contributed by atoms with Crippen LogP contribution in [0.1, 0.15) is 48.5 Å². The molecule has 132 valence electrons. The Morgan fingerprint density at radius 1 is 1.18 bits per heavy atom. The zero-order valence-electron chi connectivity index (χ0n) is 13.9. The highest BCUT2D eigenvalue weighted by molar-refractivity contribution is 8.08. The Bertz CT molecular complexity index is 444. The number of nitrogens with zero attached hydrogens (tertiary/aromatic N) is 1. The van der Waals surface area contributed by atoms with E-state index in [4.69, 9.17) is 55.7 Å². The van der Waals surface area contributed by atoms with Crippen LogP contribution in [0.4, 0.5) is 0 Å². The number of hydrogen-bond acceptors (Lipinski definition) is 4. The van der Waals surface area contributed by atoms with E-state index in [2.05, 4.69) is 5.43 Å². The average Bonchev–Trinajstić information content (AvgIpc) is 2.19. The maximum atomic E-state index is 12.0. The minimum atomic E-state index is -3.04. The quantitative estimate of drug-likeness (QED) is 0.407. The summed E-state index contributed by atoms with van der Waals surface area (Å²) in [6.07, 6.45) is 0. The summed E-state index contributed by atoms with van der Waals surface area (Å²) in [5.41, 5.74) is 1.36. The van der Waals surface area contributed by atoms with Crippen molar-refractivity contribution in [1.82, 2.24) is 10.2 Å². The van der Waals surface area contributed by atoms with E-state index in [0.717, 1.165) is 0 Å². The molecule has 0 aliphatic rings. The van der Waals surface area contributed by atoms with Gasteiger partial charge in [-0.3, -0.25) is 10.2 Å². The van der Waals surface area contributed by atoms with Gasteiger partial charge in [-0.1, -0.05) is 34.8 Å². The molecule has 1 unspecified atom stereocenters. The first-order valence-electron chi connectivity index (χ1n) is 6.67. The fraction of sp³-hybridized carbons (Fsp3) is 0.917. The number of hydrogen-bond donors (Lipinski definition) is 1. The molecule has 0 saturated carbocycles. The molecule has 0 aromatic heterocycles. The number of halogens is 3. The van der Waals surface area contributed by atoms with Crippen LogP contribution in [0.25, 0.3) is 0 Å². The summed E-state index contributed by atoms with van der Waals surface area (Å²) in [6, 6.07) is 0. The van der Waals surface area contributed by atoms with E-state index in [1.54, 1.807) is 6.92 Å². The summed E-state index contributed by atoms with van der Waals surface area (Å²) in [5, 5.41) is 0. The smallest absolute Gasteiger partial charge is 0.286 e. The number of alkyl halides is 3. The zero-order valence-corrected chi connectivity index (χ0v) is 17.8. The second-order valence-electron chi connectivity index (χ2n) is 6.51. The summed E-state index contributed by atoms with van der Waals surface area (Å²) in [6.45, 7) is 10.2. The molecule has 0 fully saturated rings. The van der Waals surface area contributed by atoms with Gasteiger partial charge in [-0.15, -0.1) is 4.78 Å². The van der Waals surface area contributed by atoms with Crippen LogP contribution in [0, 0.1) is 0 Å². The highest BCUT2D eigenvalue weighted by atomic mass is 35.6. The molecule has 0 aliphatic carbocycles. The van der Waals surface area contributed by atoms with Crippen LogP contribution >= 0.6 is 41.4 Å². The summed E-state index contributed by atoms with van der Waals surface area (Å²) in [5.74, 6) is -0.820. The van der Waals surface area contributed by atoms with Gasteiger partial charge in [0.2, 0.25) is 0 Å². The second kappa shape index (κ2) is 7.83. The average molecular weight is 414 g/mol. The Balaban J connectivity index is 5.72. The van der Waals surface area contributed by atoms with E-state index < -0.39 is 27.5 Å². The van der Waals surface area contributed by atoms with E-state index in [1.165, 1.54) is 4.78 Å². The Hall–Kier alpha value is 0.870. The minimum absolute atomic E-state index is 0.323. The van der Waals surface area contributed by atoms with Crippen molar-refractivity contribution in [1.29, 1.82) is 0 Å². The number of carbonyl (C=O) groups is 1. The molecule has 1 atom stereocenters. The summed E-state index contributed by atoms with van der Waals surface area (Å²) in [7, 11) is 0. The van der Waals surface area contributed by atoms with Gasteiger partial charge in [0.15, 0.2) is 0 Å². The van der Waals surface area contributed by atoms with E-state index in [-0.39, 0.29) is 0 Å². The van der Waals surface area contributed by atoms with Crippen LogP contribution < -0.4 is 5.43 Å². The summed E-state index contributed by atoms with van der Waals surface area (Å²) in [4.78, 5) is 12.0. The van der Waals surface area contributed by atoms with Crippen LogP contribution in [-0.4, -0.2) is 32.2 Å². The maximum Gasteiger partial charge on any atom is 0.286 e. The summed E-state index contributed by atoms with van der Waals surface area (Å²) >= 11 is 22.5. The first-order chi connectivity index (χ1) is 9.53. The SMILES string of the molecule is CCOP(=S)(OC(C)(C)C)N(NC(=O)C(Cl)(Cl)Cl)C(C)(C)C. The van der Waals surface area contributed by atoms with Crippen LogP contribution in [0.15, 0.2) is 0 Å². The van der Waals surface area contributed by atoms with Crippen molar-refractivity contribution in [2.24, 2.45) is 0 Å². The van der Waals surface area contributed by atoms with Crippen molar-refractivity contribution >= 4 is 59.2 Å². The van der Waals surface area contributed by atoms with Crippen molar-refractivity contribution in [2.45, 2.75) is 63.4 Å². The van der Waals surface area contributed by atoms with Gasteiger partial charge in [0.05, 0.1) is 12.2 Å². The molecule has 10 heteroatoms. The molecule has 0 aromatic carbocycles. The van der Waals surface area contributed by atoms with E-state index in [1.807, 2.05) is 41.5 Å². The lowest BCUT2D eigenvalue weighted by molar-refractivity contribution is -0.125. The number of amides is 1. The van der Waals surface area contributed by atoms with Crippen molar-refractivity contribution in [3.05, 3.63) is 0 Å². The normalized spacial score (nSPS) is 16.5.